The van der Waals surface area contributed by atoms with E-state index >= 15 is 0 Å². The molecular formula is C29H43BFN5O7. The van der Waals surface area contributed by atoms with Crippen LogP contribution in [0, 0.1) is 11.2 Å². The average molecular weight is 604 g/mol. The number of carbonyl (C=O) groups is 4. The van der Waals surface area contributed by atoms with E-state index in [-0.39, 0.29) is 26.1 Å². The van der Waals surface area contributed by atoms with E-state index in [0.29, 0.717) is 30.6 Å². The van der Waals surface area contributed by atoms with Gasteiger partial charge in [0.15, 0.2) is 0 Å². The van der Waals surface area contributed by atoms with E-state index in [0.717, 1.165) is 0 Å². The Hall–Kier alpha value is -3.39. The van der Waals surface area contributed by atoms with Crippen LogP contribution in [0.25, 0.3) is 0 Å². The van der Waals surface area contributed by atoms with Crippen LogP contribution in [-0.4, -0.2) is 88.7 Å². The minimum Gasteiger partial charge on any atom is -0.444 e. The Morgan fingerprint density at radius 3 is 2.49 bits per heavy atom. The van der Waals surface area contributed by atoms with E-state index in [1.54, 1.807) is 32.9 Å². The molecule has 2 saturated heterocycles. The molecule has 236 valence electrons. The van der Waals surface area contributed by atoms with Crippen LogP contribution in [0.3, 0.4) is 0 Å². The second kappa shape index (κ2) is 12.7. The monoisotopic (exact) mass is 603 g/mol. The molecule has 4 rings (SSSR count). The summed E-state index contributed by atoms with van der Waals surface area (Å²) in [6, 6.07) is 2.09. The summed E-state index contributed by atoms with van der Waals surface area (Å²) in [6.45, 7) is 11.4. The van der Waals surface area contributed by atoms with Gasteiger partial charge in [0.2, 0.25) is 11.8 Å². The molecule has 1 aromatic rings. The Morgan fingerprint density at radius 2 is 1.86 bits per heavy atom. The standard InChI is InChI=1S/C29H43BFN5O7/c1-28(2,3)23(33-26(39)34-29(4,5)6)25(38)36-15-18(13-21(36)24(37)32-22-11-8-12-42-30(22)41)43-27(40)35-14-17-9-7-10-20(31)19(17)16-35/h7,9-10,18,21-23,41H,8,11-16H2,1-6H3,(H,32,37)(H2,33,34,39)/t18-,21?,22?,23?/m1/s1. The fraction of sp³-hybridized carbons (Fsp3) is 0.655. The molecule has 1 aromatic carbocycles. The Morgan fingerprint density at radius 1 is 1.14 bits per heavy atom. The van der Waals surface area contributed by atoms with E-state index in [2.05, 4.69) is 16.0 Å². The van der Waals surface area contributed by atoms with E-state index < -0.39 is 72.0 Å². The van der Waals surface area contributed by atoms with E-state index in [9.17, 15) is 28.6 Å². The van der Waals surface area contributed by atoms with E-state index in [4.69, 9.17) is 9.39 Å². The van der Waals surface area contributed by atoms with E-state index in [1.807, 2.05) is 20.8 Å². The van der Waals surface area contributed by atoms with Crippen LogP contribution in [-0.2, 0) is 32.1 Å². The van der Waals surface area contributed by atoms with Crippen LogP contribution in [0.4, 0.5) is 14.0 Å². The second-order valence-electron chi connectivity index (χ2n) is 13.6. The van der Waals surface area contributed by atoms with Crippen molar-refractivity contribution >= 4 is 31.1 Å². The molecular weight excluding hydrogens is 560 g/mol. The third-order valence-electron chi connectivity index (χ3n) is 7.80. The van der Waals surface area contributed by atoms with Crippen molar-refractivity contribution in [3.8, 4) is 0 Å². The molecule has 3 aliphatic rings. The maximum Gasteiger partial charge on any atom is 0.478 e. The number of fused-ring (bicyclic) bond motifs is 1. The first-order valence-corrected chi connectivity index (χ1v) is 14.7. The highest BCUT2D eigenvalue weighted by molar-refractivity contribution is 6.45. The number of hydrogen-bond acceptors (Lipinski definition) is 7. The summed E-state index contributed by atoms with van der Waals surface area (Å²) in [6.07, 6.45) is -0.366. The molecule has 14 heteroatoms. The molecule has 0 bridgehead atoms. The maximum atomic E-state index is 14.3. The van der Waals surface area contributed by atoms with Crippen molar-refractivity contribution in [2.75, 3.05) is 13.2 Å². The molecule has 3 aliphatic heterocycles. The highest BCUT2D eigenvalue weighted by Gasteiger charge is 2.47. The first-order chi connectivity index (χ1) is 20.0. The Kier molecular flexibility index (Phi) is 9.60. The number of urea groups is 1. The molecule has 2 fully saturated rings. The Labute approximate surface area is 252 Å². The predicted octanol–water partition coefficient (Wildman–Crippen LogP) is 2.07. The number of nitrogens with one attached hydrogen (secondary N) is 3. The first-order valence-electron chi connectivity index (χ1n) is 14.7. The number of hydrogen-bond donors (Lipinski definition) is 4. The molecule has 0 aliphatic carbocycles. The molecule has 43 heavy (non-hydrogen) atoms. The van der Waals surface area contributed by atoms with Gasteiger partial charge in [-0.1, -0.05) is 32.9 Å². The first kappa shape index (κ1) is 32.5. The number of halogens is 1. The summed E-state index contributed by atoms with van der Waals surface area (Å²) in [4.78, 5) is 56.3. The van der Waals surface area contributed by atoms with Gasteiger partial charge in [-0.2, -0.15) is 0 Å². The van der Waals surface area contributed by atoms with Gasteiger partial charge in [0.05, 0.1) is 19.0 Å². The number of carbonyl (C=O) groups excluding carboxylic acids is 4. The van der Waals surface area contributed by atoms with Gasteiger partial charge in [-0.3, -0.25) is 14.5 Å². The molecule has 3 heterocycles. The molecule has 4 N–H and O–H groups in total. The van der Waals surface area contributed by atoms with Crippen molar-refractivity contribution in [3.05, 3.63) is 35.1 Å². The highest BCUT2D eigenvalue weighted by Crippen LogP contribution is 2.30. The number of likely N-dealkylation sites (tertiary alicyclic amines) is 1. The number of benzene rings is 1. The van der Waals surface area contributed by atoms with Crippen LogP contribution < -0.4 is 16.0 Å². The van der Waals surface area contributed by atoms with Crippen molar-refractivity contribution in [2.45, 2.75) is 104 Å². The summed E-state index contributed by atoms with van der Waals surface area (Å²) in [5, 5.41) is 18.6. The SMILES string of the molecule is CC(C)(C)NC(=O)NC(C(=O)N1C[C@H](OC(=O)N2Cc3cccc(F)c3C2)CC1C(=O)NC1CCCOB1O)C(C)(C)C. The normalized spacial score (nSPS) is 23.0. The lowest BCUT2D eigenvalue weighted by atomic mass is 9.74. The van der Waals surface area contributed by atoms with Gasteiger partial charge in [-0.05, 0) is 50.7 Å². The van der Waals surface area contributed by atoms with Crippen molar-refractivity contribution in [2.24, 2.45) is 5.41 Å². The van der Waals surface area contributed by atoms with Gasteiger partial charge in [-0.15, -0.1) is 0 Å². The Bertz CT molecular complexity index is 1240. The van der Waals surface area contributed by atoms with Crippen LogP contribution in [0.15, 0.2) is 18.2 Å². The molecule has 3 unspecified atom stereocenters. The molecule has 12 nitrogen and oxygen atoms in total. The van der Waals surface area contributed by atoms with Gasteiger partial charge in [0.25, 0.3) is 0 Å². The molecule has 0 saturated carbocycles. The Balaban J connectivity index is 1.52. The van der Waals surface area contributed by atoms with Gasteiger partial charge in [0, 0.05) is 30.7 Å². The summed E-state index contributed by atoms with van der Waals surface area (Å²) in [7, 11) is -1.18. The molecule has 4 atom stereocenters. The minimum absolute atomic E-state index is 0.00713. The average Bonchev–Trinajstić information content (AvgIpc) is 3.52. The summed E-state index contributed by atoms with van der Waals surface area (Å²) < 4.78 is 25.3. The zero-order valence-corrected chi connectivity index (χ0v) is 25.7. The lowest BCUT2D eigenvalue weighted by Crippen LogP contribution is -2.61. The zero-order valence-electron chi connectivity index (χ0n) is 25.7. The molecule has 5 amide bonds. The van der Waals surface area contributed by atoms with Crippen molar-refractivity contribution < 1.29 is 38.0 Å². The molecule has 0 radical (unpaired) electrons. The largest absolute Gasteiger partial charge is 0.478 e. The van der Waals surface area contributed by atoms with Crippen molar-refractivity contribution in [3.63, 3.8) is 0 Å². The van der Waals surface area contributed by atoms with Crippen LogP contribution in [0.5, 0.6) is 0 Å². The van der Waals surface area contributed by atoms with Crippen molar-refractivity contribution in [1.29, 1.82) is 0 Å². The third kappa shape index (κ3) is 7.97. The quantitative estimate of drug-likeness (QED) is 0.377. The van der Waals surface area contributed by atoms with Gasteiger partial charge in [0.1, 0.15) is 24.0 Å². The lowest BCUT2D eigenvalue weighted by Gasteiger charge is -2.36. The third-order valence-corrected chi connectivity index (χ3v) is 7.80. The van der Waals surface area contributed by atoms with Gasteiger partial charge < -0.3 is 35.3 Å². The fourth-order valence-corrected chi connectivity index (χ4v) is 5.61. The van der Waals surface area contributed by atoms with Crippen LogP contribution in [0.2, 0.25) is 0 Å². The second-order valence-corrected chi connectivity index (χ2v) is 13.6. The summed E-state index contributed by atoms with van der Waals surface area (Å²) in [5.74, 6) is -2.09. The van der Waals surface area contributed by atoms with Crippen LogP contribution in [0.1, 0.15) is 71.9 Å². The topological polar surface area (TPSA) is 150 Å². The highest BCUT2D eigenvalue weighted by atomic mass is 19.1. The van der Waals surface area contributed by atoms with Gasteiger partial charge in [-0.25, -0.2) is 14.0 Å². The number of rotatable bonds is 5. The lowest BCUT2D eigenvalue weighted by molar-refractivity contribution is -0.142. The summed E-state index contributed by atoms with van der Waals surface area (Å²) in [5.41, 5.74) is -0.161. The summed E-state index contributed by atoms with van der Waals surface area (Å²) >= 11 is 0. The maximum absolute atomic E-state index is 14.3. The van der Waals surface area contributed by atoms with E-state index in [1.165, 1.54) is 15.9 Å². The molecule has 0 aromatic heterocycles. The zero-order chi connectivity index (χ0) is 31.7. The fourth-order valence-electron chi connectivity index (χ4n) is 5.61. The number of amides is 5. The van der Waals surface area contributed by atoms with Crippen molar-refractivity contribution in [1.82, 2.24) is 25.8 Å². The number of nitrogens with zero attached hydrogens (tertiary/aromatic N) is 2. The number of ether oxygens (including phenoxy) is 1. The minimum atomic E-state index is -1.18. The molecule has 0 spiro atoms. The predicted molar refractivity (Wildman–Crippen MR) is 156 cm³/mol. The van der Waals surface area contributed by atoms with Crippen LogP contribution >= 0.6 is 0 Å². The smallest absolute Gasteiger partial charge is 0.444 e. The van der Waals surface area contributed by atoms with Gasteiger partial charge >= 0.3 is 19.2 Å².